The van der Waals surface area contributed by atoms with E-state index in [1.54, 1.807) is 36.5 Å². The third-order valence-electron chi connectivity index (χ3n) is 3.47. The van der Waals surface area contributed by atoms with E-state index in [2.05, 4.69) is 9.82 Å². The number of aromatic nitrogens is 2. The van der Waals surface area contributed by atoms with Crippen LogP contribution in [0.4, 0.5) is 5.69 Å². The fraction of sp³-hybridized carbons (Fsp3) is 0.357. The zero-order chi connectivity index (χ0) is 14.7. The Morgan fingerprint density at radius 2 is 1.90 bits per heavy atom. The molecule has 1 aliphatic rings. The van der Waals surface area contributed by atoms with Crippen molar-refractivity contribution < 1.29 is 13.2 Å². The van der Waals surface area contributed by atoms with Crippen LogP contribution in [0.5, 0.6) is 0 Å². The molecule has 0 aliphatic carbocycles. The van der Waals surface area contributed by atoms with Crippen LogP contribution in [0.1, 0.15) is 18.9 Å². The molecular weight excluding hydrogens is 290 g/mol. The third-order valence-corrected chi connectivity index (χ3v) is 4.87. The maximum absolute atomic E-state index is 12.2. The van der Waals surface area contributed by atoms with E-state index < -0.39 is 10.0 Å². The Morgan fingerprint density at radius 3 is 2.62 bits per heavy atom. The molecule has 0 spiro atoms. The summed E-state index contributed by atoms with van der Waals surface area (Å²) in [5, 5.41) is 4.25. The number of rotatable bonds is 4. The molecule has 1 fully saturated rings. The Kier molecular flexibility index (Phi) is 3.94. The van der Waals surface area contributed by atoms with Gasteiger partial charge in [-0.3, -0.25) is 9.40 Å². The van der Waals surface area contributed by atoms with Gasteiger partial charge in [0.15, 0.2) is 0 Å². The number of sulfonamides is 1. The second kappa shape index (κ2) is 5.87. The second-order valence-corrected chi connectivity index (χ2v) is 6.65. The van der Waals surface area contributed by atoms with E-state index in [9.17, 15) is 8.42 Å². The summed E-state index contributed by atoms with van der Waals surface area (Å²) in [6, 6.07) is 8.56. The molecule has 0 amide bonds. The van der Waals surface area contributed by atoms with Crippen LogP contribution in [0.2, 0.25) is 0 Å². The number of ether oxygens (including phenoxy) is 1. The van der Waals surface area contributed by atoms with Crippen LogP contribution in [-0.2, 0) is 14.8 Å². The number of anilines is 1. The molecule has 2 aromatic rings. The first-order chi connectivity index (χ1) is 10.1. The van der Waals surface area contributed by atoms with E-state index in [-0.39, 0.29) is 10.9 Å². The van der Waals surface area contributed by atoms with E-state index in [0.29, 0.717) is 5.69 Å². The lowest BCUT2D eigenvalue weighted by atomic mass is 10.1. The van der Waals surface area contributed by atoms with Crippen molar-refractivity contribution in [3.05, 3.63) is 42.7 Å². The van der Waals surface area contributed by atoms with Gasteiger partial charge in [0.25, 0.3) is 10.0 Å². The summed E-state index contributed by atoms with van der Waals surface area (Å²) in [4.78, 5) is 0.240. The van der Waals surface area contributed by atoms with Gasteiger partial charge in [-0.25, -0.2) is 8.42 Å². The number of benzene rings is 1. The molecule has 0 bridgehead atoms. The van der Waals surface area contributed by atoms with Crippen LogP contribution >= 0.6 is 0 Å². The van der Waals surface area contributed by atoms with E-state index in [0.717, 1.165) is 26.1 Å². The Bertz CT molecular complexity index is 691. The van der Waals surface area contributed by atoms with E-state index in [1.165, 1.54) is 6.20 Å². The first-order valence-electron chi connectivity index (χ1n) is 6.85. The Morgan fingerprint density at radius 1 is 1.19 bits per heavy atom. The van der Waals surface area contributed by atoms with E-state index in [4.69, 9.17) is 4.74 Å². The summed E-state index contributed by atoms with van der Waals surface area (Å²) in [7, 11) is -3.56. The minimum absolute atomic E-state index is 0.240. The smallest absolute Gasteiger partial charge is 0.261 e. The molecule has 0 radical (unpaired) electrons. The highest BCUT2D eigenvalue weighted by Gasteiger charge is 2.18. The monoisotopic (exact) mass is 307 g/mol. The Balaban J connectivity index is 1.75. The van der Waals surface area contributed by atoms with Gasteiger partial charge < -0.3 is 4.74 Å². The molecule has 7 heteroatoms. The van der Waals surface area contributed by atoms with Crippen LogP contribution in [-0.4, -0.2) is 31.4 Å². The van der Waals surface area contributed by atoms with Gasteiger partial charge in [0.05, 0.1) is 22.8 Å². The summed E-state index contributed by atoms with van der Waals surface area (Å²) in [5.41, 5.74) is 0.477. The molecular formula is C14H17N3O3S. The number of nitrogens with zero attached hydrogens (tertiary/aromatic N) is 2. The van der Waals surface area contributed by atoms with Crippen LogP contribution in [0.3, 0.4) is 0 Å². The lowest BCUT2D eigenvalue weighted by molar-refractivity contribution is 0.0662. The molecule has 6 nitrogen and oxygen atoms in total. The molecule has 1 N–H and O–H groups in total. The van der Waals surface area contributed by atoms with Crippen molar-refractivity contribution in [2.45, 2.75) is 23.8 Å². The van der Waals surface area contributed by atoms with Gasteiger partial charge in [0.2, 0.25) is 0 Å². The zero-order valence-electron chi connectivity index (χ0n) is 11.5. The summed E-state index contributed by atoms with van der Waals surface area (Å²) in [6.45, 7) is 1.44. The maximum Gasteiger partial charge on any atom is 0.261 e. The molecule has 1 saturated heterocycles. The number of hydrogen-bond donors (Lipinski definition) is 1. The number of hydrogen-bond acceptors (Lipinski definition) is 4. The fourth-order valence-corrected chi connectivity index (χ4v) is 3.40. The minimum atomic E-state index is -3.56. The predicted molar refractivity (Wildman–Crippen MR) is 78.6 cm³/mol. The normalized spacial score (nSPS) is 16.8. The molecule has 21 heavy (non-hydrogen) atoms. The SMILES string of the molecule is O=S(=O)(Nc1cnn(C2CCOCC2)c1)c1ccccc1. The standard InChI is InChI=1S/C14H17N3O3S/c18-21(19,14-4-2-1-3-5-14)16-12-10-15-17(11-12)13-6-8-20-9-7-13/h1-5,10-11,13,16H,6-9H2. The largest absolute Gasteiger partial charge is 0.381 e. The van der Waals surface area contributed by atoms with Crippen molar-refractivity contribution in [1.82, 2.24) is 9.78 Å². The van der Waals surface area contributed by atoms with Gasteiger partial charge in [0, 0.05) is 19.4 Å². The first kappa shape index (κ1) is 14.1. The molecule has 0 atom stereocenters. The predicted octanol–water partition coefficient (Wildman–Crippen LogP) is 2.04. The molecule has 0 saturated carbocycles. The van der Waals surface area contributed by atoms with Crippen LogP contribution in [0.15, 0.2) is 47.6 Å². The van der Waals surface area contributed by atoms with Crippen molar-refractivity contribution in [3.8, 4) is 0 Å². The van der Waals surface area contributed by atoms with Crippen LogP contribution in [0.25, 0.3) is 0 Å². The lowest BCUT2D eigenvalue weighted by Gasteiger charge is -2.22. The molecule has 2 heterocycles. The number of nitrogens with one attached hydrogen (secondary N) is 1. The lowest BCUT2D eigenvalue weighted by Crippen LogP contribution is -2.19. The molecule has 3 rings (SSSR count). The average Bonchev–Trinajstić information content (AvgIpc) is 2.97. The highest BCUT2D eigenvalue weighted by atomic mass is 32.2. The molecule has 1 aromatic heterocycles. The van der Waals surface area contributed by atoms with Crippen LogP contribution < -0.4 is 4.72 Å². The summed E-state index contributed by atoms with van der Waals surface area (Å²) in [5.74, 6) is 0. The molecule has 1 aromatic carbocycles. The van der Waals surface area contributed by atoms with Crippen molar-refractivity contribution in [1.29, 1.82) is 0 Å². The highest BCUT2D eigenvalue weighted by molar-refractivity contribution is 7.92. The Labute approximate surface area is 123 Å². The van der Waals surface area contributed by atoms with Gasteiger partial charge >= 0.3 is 0 Å². The van der Waals surface area contributed by atoms with E-state index >= 15 is 0 Å². The molecule has 112 valence electrons. The van der Waals surface area contributed by atoms with Crippen molar-refractivity contribution in [2.24, 2.45) is 0 Å². The van der Waals surface area contributed by atoms with Gasteiger partial charge in [-0.1, -0.05) is 18.2 Å². The minimum Gasteiger partial charge on any atom is -0.381 e. The molecule has 1 aliphatic heterocycles. The van der Waals surface area contributed by atoms with Crippen LogP contribution in [0, 0.1) is 0 Å². The summed E-state index contributed by atoms with van der Waals surface area (Å²) >= 11 is 0. The highest BCUT2D eigenvalue weighted by Crippen LogP contribution is 2.22. The topological polar surface area (TPSA) is 73.2 Å². The first-order valence-corrected chi connectivity index (χ1v) is 8.33. The van der Waals surface area contributed by atoms with Gasteiger partial charge in [0.1, 0.15) is 0 Å². The summed E-state index contributed by atoms with van der Waals surface area (Å²) in [6.07, 6.45) is 5.06. The third kappa shape index (κ3) is 3.25. The van der Waals surface area contributed by atoms with Gasteiger partial charge in [-0.2, -0.15) is 5.10 Å². The maximum atomic E-state index is 12.2. The Hall–Kier alpha value is -1.86. The quantitative estimate of drug-likeness (QED) is 0.938. The van der Waals surface area contributed by atoms with Gasteiger partial charge in [-0.15, -0.1) is 0 Å². The molecule has 0 unspecified atom stereocenters. The van der Waals surface area contributed by atoms with Gasteiger partial charge in [-0.05, 0) is 25.0 Å². The fourth-order valence-electron chi connectivity index (χ4n) is 2.35. The van der Waals surface area contributed by atoms with Crippen molar-refractivity contribution in [3.63, 3.8) is 0 Å². The van der Waals surface area contributed by atoms with Crippen molar-refractivity contribution >= 4 is 15.7 Å². The van der Waals surface area contributed by atoms with Crippen molar-refractivity contribution in [2.75, 3.05) is 17.9 Å². The zero-order valence-corrected chi connectivity index (χ0v) is 12.3. The average molecular weight is 307 g/mol. The second-order valence-electron chi connectivity index (χ2n) is 4.97. The van der Waals surface area contributed by atoms with E-state index in [1.807, 2.05) is 4.68 Å². The summed E-state index contributed by atoms with van der Waals surface area (Å²) < 4.78 is 34.1.